The molecule has 2 aromatic rings. The van der Waals surface area contributed by atoms with Gasteiger partial charge in [-0.2, -0.15) is 0 Å². The van der Waals surface area contributed by atoms with Gasteiger partial charge in [-0.25, -0.2) is 0 Å². The number of hydrogen-bond acceptors (Lipinski definition) is 5. The summed E-state index contributed by atoms with van der Waals surface area (Å²) in [6, 6.07) is 4.07. The Kier molecular flexibility index (Phi) is 3.38. The first-order valence-corrected chi connectivity index (χ1v) is 7.76. The molecule has 1 unspecified atom stereocenters. The van der Waals surface area contributed by atoms with Crippen molar-refractivity contribution in [2.45, 2.75) is 20.3 Å². The maximum absolute atomic E-state index is 12.1. The molecule has 106 valence electrons. The van der Waals surface area contributed by atoms with E-state index in [-0.39, 0.29) is 5.97 Å². The van der Waals surface area contributed by atoms with E-state index in [1.165, 1.54) is 10.4 Å². The minimum Gasteiger partial charge on any atom is -0.466 e. The molecule has 0 saturated carbocycles. The second kappa shape index (κ2) is 5.05. The smallest absolute Gasteiger partial charge is 0.313 e. The molecule has 0 aliphatic carbocycles. The molecule has 1 aliphatic heterocycles. The number of esters is 1. The molecule has 2 aromatic heterocycles. The molecule has 3 heterocycles. The van der Waals surface area contributed by atoms with Gasteiger partial charge in [0.1, 0.15) is 0 Å². The van der Waals surface area contributed by atoms with Crippen molar-refractivity contribution in [3.8, 4) is 0 Å². The molecule has 4 nitrogen and oxygen atoms in total. The average Bonchev–Trinajstić information content (AvgIpc) is 3.05. The van der Waals surface area contributed by atoms with Crippen molar-refractivity contribution < 1.29 is 9.53 Å². The van der Waals surface area contributed by atoms with Crippen molar-refractivity contribution in [2.75, 3.05) is 24.6 Å². The predicted octanol–water partition coefficient (Wildman–Crippen LogP) is 3.08. The number of nitrogens with zero attached hydrogens (tertiary/aromatic N) is 2. The van der Waals surface area contributed by atoms with Gasteiger partial charge in [-0.05, 0) is 37.8 Å². The summed E-state index contributed by atoms with van der Waals surface area (Å²) in [7, 11) is 0. The Morgan fingerprint density at radius 1 is 1.55 bits per heavy atom. The van der Waals surface area contributed by atoms with E-state index in [9.17, 15) is 4.79 Å². The SMILES string of the molecule is CCOC(=O)C1(C)CCN(c2ccnc3ccsc23)C1. The fourth-order valence-corrected chi connectivity index (χ4v) is 3.64. The van der Waals surface area contributed by atoms with Crippen LogP contribution in [0.1, 0.15) is 20.3 Å². The Labute approximate surface area is 122 Å². The molecule has 1 fully saturated rings. The number of carbonyl (C=O) groups excluding carboxylic acids is 1. The summed E-state index contributed by atoms with van der Waals surface area (Å²) in [6.07, 6.45) is 2.67. The lowest BCUT2D eigenvalue weighted by atomic mass is 9.90. The summed E-state index contributed by atoms with van der Waals surface area (Å²) < 4.78 is 6.41. The van der Waals surface area contributed by atoms with E-state index in [4.69, 9.17) is 4.74 Å². The third-order valence-corrected chi connectivity index (χ3v) is 4.83. The molecule has 3 rings (SSSR count). The molecule has 1 saturated heterocycles. The summed E-state index contributed by atoms with van der Waals surface area (Å²) in [5, 5.41) is 2.06. The summed E-state index contributed by atoms with van der Waals surface area (Å²) in [6.45, 7) is 5.89. The molecular formula is C15H18N2O2S. The van der Waals surface area contributed by atoms with Gasteiger partial charge in [-0.3, -0.25) is 9.78 Å². The van der Waals surface area contributed by atoms with Gasteiger partial charge in [-0.15, -0.1) is 11.3 Å². The van der Waals surface area contributed by atoms with E-state index in [1.54, 1.807) is 11.3 Å². The van der Waals surface area contributed by atoms with Crippen molar-refractivity contribution in [3.05, 3.63) is 23.7 Å². The lowest BCUT2D eigenvalue weighted by molar-refractivity contribution is -0.153. The van der Waals surface area contributed by atoms with Crippen LogP contribution in [-0.4, -0.2) is 30.6 Å². The first-order valence-electron chi connectivity index (χ1n) is 6.88. The van der Waals surface area contributed by atoms with Crippen molar-refractivity contribution in [1.82, 2.24) is 4.98 Å². The number of aromatic nitrogens is 1. The van der Waals surface area contributed by atoms with Gasteiger partial charge in [0.15, 0.2) is 0 Å². The van der Waals surface area contributed by atoms with Gasteiger partial charge >= 0.3 is 5.97 Å². The molecule has 0 bridgehead atoms. The van der Waals surface area contributed by atoms with Gasteiger partial charge in [-0.1, -0.05) is 0 Å². The molecule has 0 amide bonds. The normalized spacial score (nSPS) is 22.4. The van der Waals surface area contributed by atoms with Crippen LogP contribution < -0.4 is 4.90 Å². The Balaban J connectivity index is 1.87. The van der Waals surface area contributed by atoms with Gasteiger partial charge in [0, 0.05) is 19.3 Å². The number of rotatable bonds is 3. The van der Waals surface area contributed by atoms with Crippen LogP contribution in [0, 0.1) is 5.41 Å². The van der Waals surface area contributed by atoms with Crippen LogP contribution in [0.5, 0.6) is 0 Å². The van der Waals surface area contributed by atoms with Crippen LogP contribution in [0.2, 0.25) is 0 Å². The molecule has 1 atom stereocenters. The third-order valence-electron chi connectivity index (χ3n) is 3.91. The predicted molar refractivity (Wildman–Crippen MR) is 81.2 cm³/mol. The van der Waals surface area contributed by atoms with E-state index >= 15 is 0 Å². The molecule has 5 heteroatoms. The zero-order valence-electron chi connectivity index (χ0n) is 11.8. The van der Waals surface area contributed by atoms with Gasteiger partial charge in [0.05, 0.1) is 27.9 Å². The number of ether oxygens (including phenoxy) is 1. The molecule has 0 N–H and O–H groups in total. The maximum Gasteiger partial charge on any atom is 0.313 e. The second-order valence-corrected chi connectivity index (χ2v) is 6.33. The molecule has 0 radical (unpaired) electrons. The lowest BCUT2D eigenvalue weighted by Gasteiger charge is -2.23. The number of carbonyl (C=O) groups is 1. The Hall–Kier alpha value is -1.62. The van der Waals surface area contributed by atoms with Gasteiger partial charge in [0.25, 0.3) is 0 Å². The third kappa shape index (κ3) is 2.16. The first-order chi connectivity index (χ1) is 9.64. The molecular weight excluding hydrogens is 272 g/mol. The minimum atomic E-state index is -0.400. The highest BCUT2D eigenvalue weighted by atomic mass is 32.1. The Morgan fingerprint density at radius 2 is 2.40 bits per heavy atom. The van der Waals surface area contributed by atoms with Crippen LogP contribution in [0.4, 0.5) is 5.69 Å². The topological polar surface area (TPSA) is 42.4 Å². The van der Waals surface area contributed by atoms with E-state index in [1.807, 2.05) is 32.2 Å². The number of thiophene rings is 1. The number of fused-ring (bicyclic) bond motifs is 1. The number of pyridine rings is 1. The summed E-state index contributed by atoms with van der Waals surface area (Å²) in [5.74, 6) is -0.0843. The fraction of sp³-hybridized carbons (Fsp3) is 0.467. The quantitative estimate of drug-likeness (QED) is 0.815. The molecule has 20 heavy (non-hydrogen) atoms. The zero-order valence-corrected chi connectivity index (χ0v) is 12.6. The number of hydrogen-bond donors (Lipinski definition) is 0. The van der Waals surface area contributed by atoms with Gasteiger partial charge < -0.3 is 9.64 Å². The minimum absolute atomic E-state index is 0.0843. The highest BCUT2D eigenvalue weighted by molar-refractivity contribution is 7.17. The highest BCUT2D eigenvalue weighted by Gasteiger charge is 2.42. The maximum atomic E-state index is 12.1. The monoisotopic (exact) mass is 290 g/mol. The fourth-order valence-electron chi connectivity index (χ4n) is 2.75. The zero-order chi connectivity index (χ0) is 14.2. The van der Waals surface area contributed by atoms with Crippen LogP contribution in [-0.2, 0) is 9.53 Å². The van der Waals surface area contributed by atoms with Crippen LogP contribution in [0.15, 0.2) is 23.7 Å². The Bertz CT molecular complexity index is 640. The largest absolute Gasteiger partial charge is 0.466 e. The Morgan fingerprint density at radius 3 is 3.20 bits per heavy atom. The summed E-state index contributed by atoms with van der Waals surface area (Å²) >= 11 is 1.70. The molecule has 1 aliphatic rings. The highest BCUT2D eigenvalue weighted by Crippen LogP contribution is 2.38. The van der Waals surface area contributed by atoms with E-state index in [0.717, 1.165) is 18.5 Å². The van der Waals surface area contributed by atoms with Crippen LogP contribution in [0.3, 0.4) is 0 Å². The van der Waals surface area contributed by atoms with Crippen molar-refractivity contribution in [3.63, 3.8) is 0 Å². The van der Waals surface area contributed by atoms with E-state index < -0.39 is 5.41 Å². The van der Waals surface area contributed by atoms with E-state index in [0.29, 0.717) is 13.2 Å². The number of anilines is 1. The second-order valence-electron chi connectivity index (χ2n) is 5.42. The van der Waals surface area contributed by atoms with Gasteiger partial charge in [0.2, 0.25) is 0 Å². The standard InChI is InChI=1S/C15H18N2O2S/c1-3-19-14(18)15(2)6-8-17(10-15)12-4-7-16-11-5-9-20-13(11)12/h4-5,7,9H,3,6,8,10H2,1-2H3. The van der Waals surface area contributed by atoms with Crippen molar-refractivity contribution in [1.29, 1.82) is 0 Å². The van der Waals surface area contributed by atoms with E-state index in [2.05, 4.69) is 15.3 Å². The summed E-state index contributed by atoms with van der Waals surface area (Å²) in [5.41, 5.74) is 1.80. The summed E-state index contributed by atoms with van der Waals surface area (Å²) in [4.78, 5) is 18.7. The molecule has 0 spiro atoms. The van der Waals surface area contributed by atoms with Crippen LogP contribution >= 0.6 is 11.3 Å². The van der Waals surface area contributed by atoms with Crippen molar-refractivity contribution >= 4 is 33.2 Å². The molecule has 0 aromatic carbocycles. The lowest BCUT2D eigenvalue weighted by Crippen LogP contribution is -2.33. The van der Waals surface area contributed by atoms with Crippen molar-refractivity contribution in [2.24, 2.45) is 5.41 Å². The average molecular weight is 290 g/mol. The first kappa shape index (κ1) is 13.4. The van der Waals surface area contributed by atoms with Crippen LogP contribution in [0.25, 0.3) is 10.2 Å².